The van der Waals surface area contributed by atoms with Crippen molar-refractivity contribution in [3.05, 3.63) is 34.6 Å². The molecule has 0 radical (unpaired) electrons. The van der Waals surface area contributed by atoms with E-state index in [0.717, 1.165) is 24.3 Å². The van der Waals surface area contributed by atoms with Gasteiger partial charge in [-0.3, -0.25) is 0 Å². The molecule has 1 N–H and O–H groups in total. The fourth-order valence-corrected chi connectivity index (χ4v) is 3.22. The third-order valence-electron chi connectivity index (χ3n) is 4.16. The topological polar surface area (TPSA) is 12.0 Å². The molecule has 2 rings (SSSR count). The normalized spacial score (nSPS) is 27.5. The molecule has 0 aromatic heterocycles. The molecule has 1 aromatic rings. The minimum Gasteiger partial charge on any atom is -0.306 e. The molecule has 1 aromatic carbocycles. The summed E-state index contributed by atoms with van der Waals surface area (Å²) in [6.45, 7) is 2.93. The van der Waals surface area contributed by atoms with Crippen LogP contribution in [0.15, 0.2) is 18.2 Å². The highest BCUT2D eigenvalue weighted by Crippen LogP contribution is 2.33. The van der Waals surface area contributed by atoms with Gasteiger partial charge in [-0.15, -0.1) is 11.6 Å². The molecule has 0 atom stereocenters. The largest absolute Gasteiger partial charge is 0.306 e. The smallest absolute Gasteiger partial charge is 0.124 e. The predicted molar refractivity (Wildman–Crippen MR) is 79.3 cm³/mol. The van der Waals surface area contributed by atoms with E-state index in [1.807, 2.05) is 0 Å². The first-order valence-electron chi connectivity index (χ1n) is 6.79. The lowest BCUT2D eigenvalue weighted by Gasteiger charge is -2.39. The predicted octanol–water partition coefficient (Wildman–Crippen LogP) is 4.76. The van der Waals surface area contributed by atoms with E-state index < -0.39 is 0 Å². The van der Waals surface area contributed by atoms with Gasteiger partial charge in [0.25, 0.3) is 0 Å². The molecule has 1 saturated carbocycles. The van der Waals surface area contributed by atoms with Gasteiger partial charge in [0.15, 0.2) is 0 Å². The van der Waals surface area contributed by atoms with E-state index in [-0.39, 0.29) is 11.4 Å². The van der Waals surface area contributed by atoms with Crippen molar-refractivity contribution in [2.45, 2.75) is 44.7 Å². The van der Waals surface area contributed by atoms with Crippen LogP contribution in [0.5, 0.6) is 0 Å². The molecule has 0 bridgehead atoms. The van der Waals surface area contributed by atoms with Crippen LogP contribution in [0.25, 0.3) is 0 Å². The van der Waals surface area contributed by atoms with Crippen LogP contribution in [-0.4, -0.2) is 11.4 Å². The summed E-state index contributed by atoms with van der Waals surface area (Å²) in [7, 11) is 0. The number of hydrogen-bond acceptors (Lipinski definition) is 1. The molecule has 1 nitrogen and oxygen atoms in total. The van der Waals surface area contributed by atoms with Crippen molar-refractivity contribution < 1.29 is 4.39 Å². The lowest BCUT2D eigenvalue weighted by Crippen LogP contribution is -2.49. The first-order chi connectivity index (χ1) is 9.04. The minimum atomic E-state index is -0.299. The molecule has 1 aliphatic rings. The molecule has 0 amide bonds. The number of halogens is 3. The van der Waals surface area contributed by atoms with Crippen molar-refractivity contribution >= 4 is 23.2 Å². The van der Waals surface area contributed by atoms with Crippen LogP contribution in [0.2, 0.25) is 5.02 Å². The summed E-state index contributed by atoms with van der Waals surface area (Å²) in [4.78, 5) is 0. The van der Waals surface area contributed by atoms with Gasteiger partial charge in [0.2, 0.25) is 0 Å². The highest BCUT2D eigenvalue weighted by atomic mass is 35.5. The zero-order valence-electron chi connectivity index (χ0n) is 11.2. The summed E-state index contributed by atoms with van der Waals surface area (Å²) < 4.78 is 13.0. The molecule has 0 aliphatic heterocycles. The minimum absolute atomic E-state index is 0.00573. The van der Waals surface area contributed by atoms with Gasteiger partial charge in [-0.1, -0.05) is 24.6 Å². The standard InChI is InChI=1S/C15H20Cl2FN/c1-11-4-6-15(10-16,7-5-11)19-9-12-2-3-13(18)8-14(12)17/h2-3,8,11,19H,4-7,9-10H2,1H3. The van der Waals surface area contributed by atoms with E-state index in [2.05, 4.69) is 12.2 Å². The highest BCUT2D eigenvalue weighted by molar-refractivity contribution is 6.31. The van der Waals surface area contributed by atoms with Gasteiger partial charge < -0.3 is 5.32 Å². The van der Waals surface area contributed by atoms with Gasteiger partial charge in [0.05, 0.1) is 0 Å². The third-order valence-corrected chi connectivity index (χ3v) is 5.02. The Morgan fingerprint density at radius 2 is 2.05 bits per heavy atom. The molecule has 4 heteroatoms. The Balaban J connectivity index is 2.00. The van der Waals surface area contributed by atoms with Crippen molar-refractivity contribution in [2.75, 3.05) is 5.88 Å². The molecular formula is C15H20Cl2FN. The number of benzene rings is 1. The van der Waals surface area contributed by atoms with Crippen LogP contribution in [-0.2, 0) is 6.54 Å². The first-order valence-corrected chi connectivity index (χ1v) is 7.71. The van der Waals surface area contributed by atoms with Crippen LogP contribution in [0.1, 0.15) is 38.2 Å². The monoisotopic (exact) mass is 303 g/mol. The number of hydrogen-bond donors (Lipinski definition) is 1. The van der Waals surface area contributed by atoms with Crippen LogP contribution < -0.4 is 5.32 Å². The summed E-state index contributed by atoms with van der Waals surface area (Å²) in [5.41, 5.74) is 0.928. The second kappa shape index (κ2) is 6.43. The zero-order valence-corrected chi connectivity index (χ0v) is 12.7. The van der Waals surface area contributed by atoms with Gasteiger partial charge in [-0.25, -0.2) is 4.39 Å². The van der Waals surface area contributed by atoms with Crippen LogP contribution in [0, 0.1) is 11.7 Å². The average Bonchev–Trinajstić information content (AvgIpc) is 2.40. The second-order valence-electron chi connectivity index (χ2n) is 5.69. The lowest BCUT2D eigenvalue weighted by atomic mass is 9.78. The molecule has 0 spiro atoms. The molecule has 19 heavy (non-hydrogen) atoms. The van der Waals surface area contributed by atoms with Crippen molar-refractivity contribution in [3.63, 3.8) is 0 Å². The Labute approximate surface area is 124 Å². The van der Waals surface area contributed by atoms with E-state index in [9.17, 15) is 4.39 Å². The summed E-state index contributed by atoms with van der Waals surface area (Å²) in [5.74, 6) is 1.10. The SMILES string of the molecule is CC1CCC(CCl)(NCc2ccc(F)cc2Cl)CC1. The maximum atomic E-state index is 13.0. The Morgan fingerprint density at radius 1 is 1.37 bits per heavy atom. The summed E-state index contributed by atoms with van der Waals surface area (Å²) in [6, 6.07) is 4.53. The molecular weight excluding hydrogens is 284 g/mol. The van der Waals surface area contributed by atoms with E-state index in [0.29, 0.717) is 17.4 Å². The second-order valence-corrected chi connectivity index (χ2v) is 6.36. The van der Waals surface area contributed by atoms with E-state index in [1.165, 1.54) is 25.0 Å². The van der Waals surface area contributed by atoms with E-state index in [1.54, 1.807) is 6.07 Å². The van der Waals surface area contributed by atoms with Crippen molar-refractivity contribution in [1.82, 2.24) is 5.32 Å². The van der Waals surface area contributed by atoms with Crippen LogP contribution in [0.3, 0.4) is 0 Å². The quantitative estimate of drug-likeness (QED) is 0.791. The van der Waals surface area contributed by atoms with Gasteiger partial charge in [-0.05, 0) is 49.3 Å². The van der Waals surface area contributed by atoms with Gasteiger partial charge in [-0.2, -0.15) is 0 Å². The van der Waals surface area contributed by atoms with Crippen molar-refractivity contribution in [2.24, 2.45) is 5.92 Å². The molecule has 1 fully saturated rings. The van der Waals surface area contributed by atoms with Gasteiger partial charge in [0.1, 0.15) is 5.82 Å². The number of nitrogens with one attached hydrogen (secondary N) is 1. The number of rotatable bonds is 4. The summed E-state index contributed by atoms with van der Waals surface area (Å²) in [6.07, 6.45) is 4.60. The zero-order chi connectivity index (χ0) is 13.9. The first kappa shape index (κ1) is 15.1. The maximum Gasteiger partial charge on any atom is 0.124 e. The van der Waals surface area contributed by atoms with Gasteiger partial charge in [0, 0.05) is 23.0 Å². The van der Waals surface area contributed by atoms with Gasteiger partial charge >= 0.3 is 0 Å². The molecule has 106 valence electrons. The van der Waals surface area contributed by atoms with E-state index >= 15 is 0 Å². The van der Waals surface area contributed by atoms with Crippen LogP contribution in [0.4, 0.5) is 4.39 Å². The third kappa shape index (κ3) is 3.84. The Kier molecular flexibility index (Phi) is 5.10. The fraction of sp³-hybridized carbons (Fsp3) is 0.600. The molecule has 0 heterocycles. The van der Waals surface area contributed by atoms with Crippen LogP contribution >= 0.6 is 23.2 Å². The summed E-state index contributed by atoms with van der Waals surface area (Å²) >= 11 is 12.2. The Morgan fingerprint density at radius 3 is 2.63 bits per heavy atom. The maximum absolute atomic E-state index is 13.0. The molecule has 0 unspecified atom stereocenters. The average molecular weight is 304 g/mol. The highest BCUT2D eigenvalue weighted by Gasteiger charge is 2.32. The molecule has 1 aliphatic carbocycles. The van der Waals surface area contributed by atoms with E-state index in [4.69, 9.17) is 23.2 Å². The summed E-state index contributed by atoms with van der Waals surface area (Å²) in [5, 5.41) is 4.02. The fourth-order valence-electron chi connectivity index (χ4n) is 2.62. The Hall–Kier alpha value is -0.310. The van der Waals surface area contributed by atoms with Crippen molar-refractivity contribution in [1.29, 1.82) is 0 Å². The molecule has 0 saturated heterocycles. The van der Waals surface area contributed by atoms with Crippen molar-refractivity contribution in [3.8, 4) is 0 Å². The Bertz CT molecular complexity index is 428. The lowest BCUT2D eigenvalue weighted by molar-refractivity contribution is 0.216. The number of alkyl halides is 1.